The summed E-state index contributed by atoms with van der Waals surface area (Å²) in [6.45, 7) is 14.7. The van der Waals surface area contributed by atoms with Crippen molar-refractivity contribution in [1.29, 1.82) is 0 Å². The zero-order valence-corrected chi connectivity index (χ0v) is 27.1. The minimum Gasteiger partial charge on any atom is -0.444 e. The Balaban J connectivity index is 1.86. The van der Waals surface area contributed by atoms with Crippen molar-refractivity contribution >= 4 is 28.7 Å². The Labute approximate surface area is 253 Å². The topological polar surface area (TPSA) is 87.7 Å². The number of anilines is 1. The first-order chi connectivity index (χ1) is 19.6. The molecule has 1 unspecified atom stereocenters. The summed E-state index contributed by atoms with van der Waals surface area (Å²) in [6.07, 6.45) is -0.375. The fourth-order valence-corrected chi connectivity index (χ4v) is 5.54. The van der Waals surface area contributed by atoms with Crippen LogP contribution in [0.15, 0.2) is 65.6 Å². The Kier molecular flexibility index (Phi) is 11.1. The van der Waals surface area contributed by atoms with Crippen LogP contribution >= 0.6 is 0 Å². The van der Waals surface area contributed by atoms with Gasteiger partial charge in [-0.15, -0.1) is 0 Å². The van der Waals surface area contributed by atoms with E-state index >= 15 is 0 Å². The van der Waals surface area contributed by atoms with E-state index in [4.69, 9.17) is 4.74 Å². The lowest BCUT2D eigenvalue weighted by atomic mass is 9.84. The van der Waals surface area contributed by atoms with Crippen molar-refractivity contribution < 1.29 is 18.5 Å². The quantitative estimate of drug-likeness (QED) is 0.257. The van der Waals surface area contributed by atoms with Gasteiger partial charge in [0.25, 0.3) is 0 Å². The summed E-state index contributed by atoms with van der Waals surface area (Å²) in [6, 6.07) is 19.4. The maximum Gasteiger partial charge on any atom is 0.412 e. The number of nitrogens with one attached hydrogen (secondary N) is 2. The summed E-state index contributed by atoms with van der Waals surface area (Å²) in [7, 11) is 2.34. The summed E-state index contributed by atoms with van der Waals surface area (Å²) in [4.78, 5) is 28.2. The number of hydrogen-bond donors (Lipinski definition) is 2. The largest absolute Gasteiger partial charge is 0.444 e. The van der Waals surface area contributed by atoms with Crippen LogP contribution in [0.3, 0.4) is 0 Å². The van der Waals surface area contributed by atoms with Crippen molar-refractivity contribution in [3.63, 3.8) is 0 Å². The van der Waals surface area contributed by atoms with Crippen LogP contribution in [0.5, 0.6) is 0 Å². The van der Waals surface area contributed by atoms with Gasteiger partial charge in [-0.1, -0.05) is 64.1 Å². The van der Waals surface area contributed by atoms with Gasteiger partial charge in [-0.2, -0.15) is 0 Å². The SMILES string of the molecule is CC(C)c1cc(-c2cccc(NC(=O)OC(C)(C)C)c2)cc(C(C)C)c1CC(=O)NS(=O)c1ccc(CN(C)C)cc1. The van der Waals surface area contributed by atoms with Crippen molar-refractivity contribution in [2.24, 2.45) is 0 Å². The molecule has 42 heavy (non-hydrogen) atoms. The molecule has 0 saturated heterocycles. The first-order valence-electron chi connectivity index (χ1n) is 14.3. The molecular formula is C34H45N3O4S. The van der Waals surface area contributed by atoms with Crippen molar-refractivity contribution in [3.05, 3.63) is 82.9 Å². The highest BCUT2D eigenvalue weighted by molar-refractivity contribution is 7.83. The molecule has 1 atom stereocenters. The fraction of sp³-hybridized carbons (Fsp3) is 0.412. The smallest absolute Gasteiger partial charge is 0.412 e. The van der Waals surface area contributed by atoms with Crippen LogP contribution in [0.1, 0.15) is 82.6 Å². The summed E-state index contributed by atoms with van der Waals surface area (Å²) in [5.41, 5.74) is 6.20. The standard InChI is InChI=1S/C34H45N3O4S/c1-22(2)29-18-26(25-11-10-12-27(17-25)35-33(39)41-34(5,6)7)19-30(23(3)4)31(29)20-32(38)36-42(40)28-15-13-24(14-16-28)21-37(8)9/h10-19,22-23H,20-21H2,1-9H3,(H,35,39)(H,36,38). The summed E-state index contributed by atoms with van der Waals surface area (Å²) >= 11 is 0. The number of rotatable bonds is 10. The van der Waals surface area contributed by atoms with E-state index < -0.39 is 22.7 Å². The highest BCUT2D eigenvalue weighted by Gasteiger charge is 2.21. The molecule has 3 aromatic rings. The number of nitrogens with zero attached hydrogens (tertiary/aromatic N) is 1. The molecule has 0 bridgehead atoms. The highest BCUT2D eigenvalue weighted by Crippen LogP contribution is 2.35. The van der Waals surface area contributed by atoms with Gasteiger partial charge in [0.1, 0.15) is 5.60 Å². The van der Waals surface area contributed by atoms with Gasteiger partial charge in [-0.3, -0.25) is 14.8 Å². The van der Waals surface area contributed by atoms with E-state index in [1.807, 2.05) is 71.3 Å². The predicted octanol–water partition coefficient (Wildman–Crippen LogP) is 7.39. The van der Waals surface area contributed by atoms with E-state index in [2.05, 4.69) is 54.8 Å². The van der Waals surface area contributed by atoms with Crippen molar-refractivity contribution in [2.45, 2.75) is 83.8 Å². The molecular weight excluding hydrogens is 546 g/mol. The van der Waals surface area contributed by atoms with Gasteiger partial charge in [0.15, 0.2) is 11.0 Å². The summed E-state index contributed by atoms with van der Waals surface area (Å²) < 4.78 is 21.1. The van der Waals surface area contributed by atoms with Gasteiger partial charge in [0.05, 0.1) is 11.3 Å². The zero-order chi connectivity index (χ0) is 31.2. The average molecular weight is 592 g/mol. The molecule has 0 saturated carbocycles. The van der Waals surface area contributed by atoms with Crippen LogP contribution in [0, 0.1) is 0 Å². The highest BCUT2D eigenvalue weighted by atomic mass is 32.2. The number of amides is 2. The van der Waals surface area contributed by atoms with Crippen LogP contribution in [0.25, 0.3) is 11.1 Å². The molecule has 2 amide bonds. The Morgan fingerprint density at radius 3 is 2.00 bits per heavy atom. The third-order valence-electron chi connectivity index (χ3n) is 6.58. The molecule has 0 aromatic heterocycles. The van der Waals surface area contributed by atoms with Gasteiger partial charge in [-0.05, 0) is 104 Å². The number of carbonyl (C=O) groups excluding carboxylic acids is 2. The minimum absolute atomic E-state index is 0.131. The van der Waals surface area contributed by atoms with E-state index in [0.717, 1.165) is 39.9 Å². The van der Waals surface area contributed by atoms with Crippen molar-refractivity contribution in [3.8, 4) is 11.1 Å². The molecule has 0 aliphatic carbocycles. The Morgan fingerprint density at radius 2 is 1.48 bits per heavy atom. The maximum atomic E-state index is 13.2. The van der Waals surface area contributed by atoms with Crippen LogP contribution in [-0.2, 0) is 33.5 Å². The number of hydrogen-bond acceptors (Lipinski definition) is 5. The molecule has 7 nitrogen and oxygen atoms in total. The van der Waals surface area contributed by atoms with Crippen LogP contribution in [-0.4, -0.2) is 40.8 Å². The lowest BCUT2D eigenvalue weighted by Gasteiger charge is -2.22. The first kappa shape index (κ1) is 33.0. The molecule has 3 aromatic carbocycles. The molecule has 0 aliphatic heterocycles. The van der Waals surface area contributed by atoms with E-state index in [1.165, 1.54) is 0 Å². The third kappa shape index (κ3) is 9.53. The van der Waals surface area contributed by atoms with Gasteiger partial charge in [0, 0.05) is 12.2 Å². The van der Waals surface area contributed by atoms with Gasteiger partial charge < -0.3 is 9.64 Å². The summed E-state index contributed by atoms with van der Waals surface area (Å²) in [5.74, 6) is 0.0249. The molecule has 2 N–H and O–H groups in total. The lowest BCUT2D eigenvalue weighted by molar-refractivity contribution is -0.118. The van der Waals surface area contributed by atoms with Crippen LogP contribution in [0.4, 0.5) is 10.5 Å². The van der Waals surface area contributed by atoms with E-state index in [9.17, 15) is 13.8 Å². The zero-order valence-electron chi connectivity index (χ0n) is 26.3. The molecule has 8 heteroatoms. The van der Waals surface area contributed by atoms with Crippen molar-refractivity contribution in [2.75, 3.05) is 19.4 Å². The molecule has 0 fully saturated rings. The Hall–Kier alpha value is -3.49. The van der Waals surface area contributed by atoms with Gasteiger partial charge >= 0.3 is 6.09 Å². The van der Waals surface area contributed by atoms with E-state index in [0.29, 0.717) is 10.6 Å². The normalized spacial score (nSPS) is 12.5. The molecule has 0 spiro atoms. The molecule has 3 rings (SSSR count). The van der Waals surface area contributed by atoms with Gasteiger partial charge in [0.2, 0.25) is 5.91 Å². The number of benzene rings is 3. The molecule has 226 valence electrons. The third-order valence-corrected chi connectivity index (χ3v) is 7.70. The summed E-state index contributed by atoms with van der Waals surface area (Å²) in [5, 5.41) is 2.82. The Morgan fingerprint density at radius 1 is 0.881 bits per heavy atom. The second-order valence-electron chi connectivity index (χ2n) is 12.5. The number of ether oxygens (including phenoxy) is 1. The number of carbonyl (C=O) groups is 2. The molecule has 0 heterocycles. The second-order valence-corrected chi connectivity index (χ2v) is 13.7. The lowest BCUT2D eigenvalue weighted by Crippen LogP contribution is -2.28. The molecule has 0 radical (unpaired) electrons. The first-order valence-corrected chi connectivity index (χ1v) is 15.5. The van der Waals surface area contributed by atoms with Crippen LogP contribution in [0.2, 0.25) is 0 Å². The fourth-order valence-electron chi connectivity index (χ4n) is 4.76. The van der Waals surface area contributed by atoms with E-state index in [-0.39, 0.29) is 24.2 Å². The van der Waals surface area contributed by atoms with Crippen LogP contribution < -0.4 is 10.0 Å². The predicted molar refractivity (Wildman–Crippen MR) is 172 cm³/mol. The average Bonchev–Trinajstić information content (AvgIpc) is 2.87. The van der Waals surface area contributed by atoms with Gasteiger partial charge in [-0.25, -0.2) is 9.00 Å². The minimum atomic E-state index is -1.65. The van der Waals surface area contributed by atoms with E-state index in [1.54, 1.807) is 12.1 Å². The maximum absolute atomic E-state index is 13.2. The second kappa shape index (κ2) is 14.1. The monoisotopic (exact) mass is 591 g/mol. The van der Waals surface area contributed by atoms with Crippen molar-refractivity contribution in [1.82, 2.24) is 9.62 Å². The molecule has 0 aliphatic rings. The Bertz CT molecular complexity index is 1390.